The van der Waals surface area contributed by atoms with Crippen LogP contribution in [-0.4, -0.2) is 60.1 Å². The van der Waals surface area contributed by atoms with Gasteiger partial charge in [0.2, 0.25) is 11.8 Å². The Morgan fingerprint density at radius 3 is 2.19 bits per heavy atom. The van der Waals surface area contributed by atoms with Gasteiger partial charge in [-0.2, -0.15) is 0 Å². The molecule has 0 aliphatic rings. The fourth-order valence-corrected chi connectivity index (χ4v) is 4.97. The summed E-state index contributed by atoms with van der Waals surface area (Å²) in [6.07, 6.45) is 5.84. The van der Waals surface area contributed by atoms with Crippen LogP contribution < -0.4 is 10.6 Å². The highest BCUT2D eigenvalue weighted by Crippen LogP contribution is 2.28. The zero-order chi connectivity index (χ0) is 32.6. The van der Waals surface area contributed by atoms with Crippen molar-refractivity contribution in [2.24, 2.45) is 5.92 Å². The fraction of sp³-hybridized carbons (Fsp3) is 0.706. The van der Waals surface area contributed by atoms with E-state index in [0.717, 1.165) is 43.2 Å². The van der Waals surface area contributed by atoms with Crippen LogP contribution in [0, 0.1) is 19.8 Å². The van der Waals surface area contributed by atoms with E-state index < -0.39 is 29.7 Å². The molecule has 1 aromatic carbocycles. The van der Waals surface area contributed by atoms with Gasteiger partial charge in [-0.3, -0.25) is 14.4 Å². The van der Waals surface area contributed by atoms with Gasteiger partial charge in [-0.15, -0.1) is 0 Å². The lowest BCUT2D eigenvalue weighted by molar-refractivity contribution is -0.144. The average molecular weight is 604 g/mol. The summed E-state index contributed by atoms with van der Waals surface area (Å²) in [6, 6.07) is 3.99. The van der Waals surface area contributed by atoms with E-state index in [2.05, 4.69) is 17.6 Å². The van der Waals surface area contributed by atoms with Crippen molar-refractivity contribution in [3.63, 3.8) is 0 Å². The summed E-state index contributed by atoms with van der Waals surface area (Å²) in [5.74, 6) is -1.02. The molecule has 0 aromatic heterocycles. The number of nitrogens with zero attached hydrogens (tertiary/aromatic N) is 1. The molecule has 0 spiro atoms. The number of benzene rings is 1. The van der Waals surface area contributed by atoms with Gasteiger partial charge in [-0.25, -0.2) is 4.79 Å². The van der Waals surface area contributed by atoms with Gasteiger partial charge in [0.15, 0.2) is 0 Å². The highest BCUT2D eigenvalue weighted by atomic mass is 16.6. The summed E-state index contributed by atoms with van der Waals surface area (Å²) in [6.45, 7) is 17.8. The largest absolute Gasteiger partial charge is 0.466 e. The first kappa shape index (κ1) is 37.9. The minimum Gasteiger partial charge on any atom is -0.466 e. The van der Waals surface area contributed by atoms with Crippen molar-refractivity contribution in [1.29, 1.82) is 0 Å². The van der Waals surface area contributed by atoms with Crippen LogP contribution >= 0.6 is 0 Å². The van der Waals surface area contributed by atoms with Crippen LogP contribution in [0.3, 0.4) is 0 Å². The molecule has 2 atom stereocenters. The summed E-state index contributed by atoms with van der Waals surface area (Å²) in [5, 5.41) is 5.67. The Morgan fingerprint density at radius 2 is 1.60 bits per heavy atom. The molecule has 0 radical (unpaired) electrons. The van der Waals surface area contributed by atoms with Gasteiger partial charge in [-0.1, -0.05) is 76.6 Å². The second-order valence-electron chi connectivity index (χ2n) is 12.7. The van der Waals surface area contributed by atoms with Crippen molar-refractivity contribution in [1.82, 2.24) is 15.5 Å². The average Bonchev–Trinajstić information content (AvgIpc) is 2.88. The Labute approximate surface area is 259 Å². The smallest absolute Gasteiger partial charge is 0.408 e. The molecule has 0 heterocycles. The molecule has 244 valence electrons. The predicted molar refractivity (Wildman–Crippen MR) is 171 cm³/mol. The maximum absolute atomic E-state index is 14.4. The number of nitrogens with one attached hydrogen (secondary N) is 2. The zero-order valence-electron chi connectivity index (χ0n) is 28.1. The molecular formula is C34H57N3O6. The Kier molecular flexibility index (Phi) is 17.0. The molecule has 0 aliphatic heterocycles. The van der Waals surface area contributed by atoms with Gasteiger partial charge >= 0.3 is 12.1 Å². The minimum atomic E-state index is -0.943. The number of esters is 1. The van der Waals surface area contributed by atoms with Gasteiger partial charge in [0.1, 0.15) is 17.7 Å². The second-order valence-corrected chi connectivity index (χ2v) is 12.7. The van der Waals surface area contributed by atoms with E-state index in [4.69, 9.17) is 9.47 Å². The van der Waals surface area contributed by atoms with Crippen molar-refractivity contribution in [2.45, 2.75) is 131 Å². The lowest BCUT2D eigenvalue weighted by Crippen LogP contribution is -2.53. The number of ether oxygens (including phenoxy) is 2. The van der Waals surface area contributed by atoms with Crippen LogP contribution in [0.15, 0.2) is 18.2 Å². The highest BCUT2D eigenvalue weighted by Gasteiger charge is 2.37. The van der Waals surface area contributed by atoms with Gasteiger partial charge in [0.25, 0.3) is 0 Å². The maximum Gasteiger partial charge on any atom is 0.408 e. The van der Waals surface area contributed by atoms with Crippen LogP contribution in [0.25, 0.3) is 0 Å². The third-order valence-corrected chi connectivity index (χ3v) is 6.95. The molecule has 0 saturated heterocycles. The quantitative estimate of drug-likeness (QED) is 0.145. The number of hydrogen-bond donors (Lipinski definition) is 2. The molecule has 2 unspecified atom stereocenters. The SMILES string of the molecule is CCCCCCCCN(C(=O)C(CC(C)C)NC(=O)OC(C)(C)C)C(C(=O)NCCC(=O)OCC)c1ccc(C)cc1C. The molecule has 1 aromatic rings. The van der Waals surface area contributed by atoms with E-state index in [0.29, 0.717) is 24.9 Å². The fourth-order valence-electron chi connectivity index (χ4n) is 4.97. The summed E-state index contributed by atoms with van der Waals surface area (Å²) in [7, 11) is 0. The summed E-state index contributed by atoms with van der Waals surface area (Å²) in [5.41, 5.74) is 1.90. The van der Waals surface area contributed by atoms with Gasteiger partial charge < -0.3 is 25.0 Å². The lowest BCUT2D eigenvalue weighted by atomic mass is 9.95. The molecule has 9 heteroatoms. The zero-order valence-corrected chi connectivity index (χ0v) is 28.1. The lowest BCUT2D eigenvalue weighted by Gasteiger charge is -2.35. The van der Waals surface area contributed by atoms with Gasteiger partial charge in [0.05, 0.1) is 13.0 Å². The first-order valence-electron chi connectivity index (χ1n) is 16.0. The Bertz CT molecular complexity index is 1030. The Balaban J connectivity index is 3.49. The first-order valence-corrected chi connectivity index (χ1v) is 16.0. The summed E-state index contributed by atoms with van der Waals surface area (Å²) in [4.78, 5) is 54.7. The van der Waals surface area contributed by atoms with Crippen molar-refractivity contribution >= 4 is 23.9 Å². The number of hydrogen-bond acceptors (Lipinski definition) is 6. The topological polar surface area (TPSA) is 114 Å². The predicted octanol–water partition coefficient (Wildman–Crippen LogP) is 6.54. The van der Waals surface area contributed by atoms with Gasteiger partial charge in [0, 0.05) is 13.1 Å². The van der Waals surface area contributed by atoms with E-state index in [1.807, 2.05) is 45.9 Å². The van der Waals surface area contributed by atoms with Crippen molar-refractivity contribution in [3.8, 4) is 0 Å². The maximum atomic E-state index is 14.4. The third kappa shape index (κ3) is 14.8. The number of alkyl carbamates (subject to hydrolysis) is 1. The molecule has 0 saturated carbocycles. The number of aryl methyl sites for hydroxylation is 2. The Hall–Kier alpha value is -3.10. The van der Waals surface area contributed by atoms with Crippen molar-refractivity contribution in [2.75, 3.05) is 19.7 Å². The molecule has 43 heavy (non-hydrogen) atoms. The number of carbonyl (C=O) groups excluding carboxylic acids is 4. The summed E-state index contributed by atoms with van der Waals surface area (Å²) >= 11 is 0. The van der Waals surface area contributed by atoms with Crippen LogP contribution in [0.2, 0.25) is 0 Å². The van der Waals surface area contributed by atoms with E-state index >= 15 is 0 Å². The van der Waals surface area contributed by atoms with Crippen LogP contribution in [0.1, 0.15) is 123 Å². The van der Waals surface area contributed by atoms with E-state index in [1.165, 1.54) is 0 Å². The highest BCUT2D eigenvalue weighted by molar-refractivity contribution is 5.92. The first-order chi connectivity index (χ1) is 20.2. The van der Waals surface area contributed by atoms with E-state index in [9.17, 15) is 19.2 Å². The monoisotopic (exact) mass is 603 g/mol. The van der Waals surface area contributed by atoms with Crippen LogP contribution in [0.4, 0.5) is 4.79 Å². The number of amides is 3. The molecule has 1 rings (SSSR count). The second kappa shape index (κ2) is 19.2. The molecule has 0 fully saturated rings. The van der Waals surface area contributed by atoms with Gasteiger partial charge in [-0.05, 0) is 71.4 Å². The normalized spacial score (nSPS) is 12.8. The molecule has 0 bridgehead atoms. The molecule has 0 aliphatic carbocycles. The van der Waals surface area contributed by atoms with Crippen LogP contribution in [0.5, 0.6) is 0 Å². The van der Waals surface area contributed by atoms with Crippen molar-refractivity contribution in [3.05, 3.63) is 34.9 Å². The van der Waals surface area contributed by atoms with Crippen LogP contribution in [-0.2, 0) is 23.9 Å². The molecule has 9 nitrogen and oxygen atoms in total. The molecule has 2 N–H and O–H groups in total. The Morgan fingerprint density at radius 1 is 0.953 bits per heavy atom. The van der Waals surface area contributed by atoms with Crippen molar-refractivity contribution < 1.29 is 28.7 Å². The molecular weight excluding hydrogens is 546 g/mol. The van der Waals surface area contributed by atoms with E-state index in [-0.39, 0.29) is 37.3 Å². The molecule has 3 amide bonds. The summed E-state index contributed by atoms with van der Waals surface area (Å²) < 4.78 is 10.5. The standard InChI is InChI=1S/C34H57N3O6/c1-10-12-13-14-15-16-21-37(32(40)28(22-24(3)4)36-33(41)43-34(7,8)9)30(27-18-17-25(5)23-26(27)6)31(39)35-20-19-29(38)42-11-2/h17-18,23-24,28,30H,10-16,19-22H2,1-9H3,(H,35,39)(H,36,41). The third-order valence-electron chi connectivity index (χ3n) is 6.95. The number of rotatable bonds is 18. The number of carbonyl (C=O) groups is 4. The number of unbranched alkanes of at least 4 members (excludes halogenated alkanes) is 5. The van der Waals surface area contributed by atoms with E-state index in [1.54, 1.807) is 32.6 Å². The minimum absolute atomic E-state index is 0.0285.